The van der Waals surface area contributed by atoms with Crippen LogP contribution in [-0.2, 0) is 16.0 Å². The average Bonchev–Trinajstić information content (AvgIpc) is 2.95. The number of aryl methyl sites for hydroxylation is 1. The van der Waals surface area contributed by atoms with E-state index < -0.39 is 6.17 Å². The molecule has 2 N–H and O–H groups in total. The summed E-state index contributed by atoms with van der Waals surface area (Å²) in [5.41, 5.74) is 4.04. The lowest BCUT2D eigenvalue weighted by Gasteiger charge is -2.13. The van der Waals surface area contributed by atoms with E-state index in [2.05, 4.69) is 15.6 Å². The summed E-state index contributed by atoms with van der Waals surface area (Å²) in [6.07, 6.45) is -0.204. The molecule has 1 unspecified atom stereocenters. The number of nitrogens with zero attached hydrogens (tertiary/aromatic N) is 1. The van der Waals surface area contributed by atoms with E-state index in [4.69, 9.17) is 4.74 Å². The molecule has 31 heavy (non-hydrogen) atoms. The van der Waals surface area contributed by atoms with Crippen molar-refractivity contribution in [3.05, 3.63) is 95.6 Å². The van der Waals surface area contributed by atoms with Gasteiger partial charge in [0.2, 0.25) is 12.1 Å². The van der Waals surface area contributed by atoms with Crippen LogP contribution in [0.3, 0.4) is 0 Å². The summed E-state index contributed by atoms with van der Waals surface area (Å²) in [7, 11) is 1.61. The highest BCUT2D eigenvalue weighted by atomic mass is 16.5. The van der Waals surface area contributed by atoms with Crippen molar-refractivity contribution in [3.63, 3.8) is 0 Å². The lowest BCUT2D eigenvalue weighted by molar-refractivity contribution is -0.126. The number of benzodiazepines with no additional fused rings is 1. The van der Waals surface area contributed by atoms with Gasteiger partial charge in [0, 0.05) is 17.5 Å². The first-order valence-electron chi connectivity index (χ1n) is 10.1. The van der Waals surface area contributed by atoms with E-state index in [1.807, 2.05) is 78.9 Å². The van der Waals surface area contributed by atoms with Crippen LogP contribution in [-0.4, -0.2) is 30.8 Å². The molecule has 0 bridgehead atoms. The zero-order chi connectivity index (χ0) is 21.6. The number of para-hydroxylation sites is 1. The maximum absolute atomic E-state index is 12.8. The third-order valence-electron chi connectivity index (χ3n) is 5.09. The van der Waals surface area contributed by atoms with E-state index in [9.17, 15) is 9.59 Å². The van der Waals surface area contributed by atoms with E-state index in [0.717, 1.165) is 22.4 Å². The molecule has 1 heterocycles. The normalized spacial score (nSPS) is 15.2. The van der Waals surface area contributed by atoms with Crippen molar-refractivity contribution in [1.29, 1.82) is 0 Å². The van der Waals surface area contributed by atoms with Crippen LogP contribution in [0.25, 0.3) is 0 Å². The number of carbonyl (C=O) groups excluding carboxylic acids is 2. The predicted molar refractivity (Wildman–Crippen MR) is 120 cm³/mol. The monoisotopic (exact) mass is 413 g/mol. The summed E-state index contributed by atoms with van der Waals surface area (Å²) in [5, 5.41) is 5.65. The highest BCUT2D eigenvalue weighted by Crippen LogP contribution is 2.23. The minimum Gasteiger partial charge on any atom is -0.497 e. The Hall–Kier alpha value is -3.93. The molecule has 1 aliphatic rings. The Labute approximate surface area is 181 Å². The van der Waals surface area contributed by atoms with Crippen molar-refractivity contribution in [2.24, 2.45) is 4.99 Å². The molecule has 0 aliphatic carbocycles. The molecule has 6 nitrogen and oxygen atoms in total. The minimum atomic E-state index is -1.01. The number of ether oxygens (including phenoxy) is 1. The molecule has 1 atom stereocenters. The van der Waals surface area contributed by atoms with Crippen LogP contribution in [0, 0.1) is 0 Å². The van der Waals surface area contributed by atoms with Gasteiger partial charge >= 0.3 is 0 Å². The number of hydrogen-bond donors (Lipinski definition) is 2. The third kappa shape index (κ3) is 4.80. The fraction of sp³-hybridized carbons (Fsp3) is 0.160. The van der Waals surface area contributed by atoms with E-state index >= 15 is 0 Å². The number of methoxy groups -OCH3 is 1. The Kier molecular flexibility index (Phi) is 6.08. The molecule has 3 aromatic carbocycles. The minimum absolute atomic E-state index is 0.238. The number of benzene rings is 3. The fourth-order valence-corrected chi connectivity index (χ4v) is 3.46. The van der Waals surface area contributed by atoms with Crippen LogP contribution in [0.5, 0.6) is 5.75 Å². The van der Waals surface area contributed by atoms with Gasteiger partial charge in [-0.15, -0.1) is 0 Å². The molecule has 0 saturated heterocycles. The van der Waals surface area contributed by atoms with Crippen molar-refractivity contribution < 1.29 is 14.3 Å². The molecular weight excluding hydrogens is 390 g/mol. The number of hydrogen-bond acceptors (Lipinski definition) is 4. The van der Waals surface area contributed by atoms with Crippen LogP contribution in [0.15, 0.2) is 83.9 Å². The standard InChI is InChI=1S/C25H23N3O3/c1-31-19-14-11-17(12-15-19)13-16-22(29)27-24-25(30)26-21-10-6-5-9-20(21)23(28-24)18-7-3-2-4-8-18/h2-12,14-15,24H,13,16H2,1H3,(H,26,30)(H,27,29). The van der Waals surface area contributed by atoms with Gasteiger partial charge in [-0.2, -0.15) is 0 Å². The van der Waals surface area contributed by atoms with Crippen molar-refractivity contribution >= 4 is 23.2 Å². The van der Waals surface area contributed by atoms with Gasteiger partial charge < -0.3 is 15.4 Å². The molecule has 3 aromatic rings. The second-order valence-electron chi connectivity index (χ2n) is 7.20. The lowest BCUT2D eigenvalue weighted by Crippen LogP contribution is -2.42. The highest BCUT2D eigenvalue weighted by molar-refractivity contribution is 6.19. The zero-order valence-corrected chi connectivity index (χ0v) is 17.2. The summed E-state index contributed by atoms with van der Waals surface area (Å²) in [5.74, 6) is 0.167. The number of anilines is 1. The molecule has 0 saturated carbocycles. The van der Waals surface area contributed by atoms with Gasteiger partial charge in [-0.3, -0.25) is 9.59 Å². The van der Waals surface area contributed by atoms with Crippen LogP contribution in [0.2, 0.25) is 0 Å². The van der Waals surface area contributed by atoms with Crippen LogP contribution < -0.4 is 15.4 Å². The van der Waals surface area contributed by atoms with Gasteiger partial charge in [0.25, 0.3) is 5.91 Å². The molecule has 156 valence electrons. The molecule has 0 spiro atoms. The number of fused-ring (bicyclic) bond motifs is 1. The van der Waals surface area contributed by atoms with Crippen molar-refractivity contribution in [2.75, 3.05) is 12.4 Å². The number of nitrogens with one attached hydrogen (secondary N) is 2. The van der Waals surface area contributed by atoms with E-state index in [0.29, 0.717) is 17.8 Å². The third-order valence-corrected chi connectivity index (χ3v) is 5.09. The molecule has 2 amide bonds. The first-order chi connectivity index (χ1) is 15.1. The van der Waals surface area contributed by atoms with Gasteiger partial charge in [0.1, 0.15) is 5.75 Å². The number of rotatable bonds is 6. The molecule has 1 aliphatic heterocycles. The quantitative estimate of drug-likeness (QED) is 0.649. The summed E-state index contributed by atoms with van der Waals surface area (Å²) in [4.78, 5) is 30.0. The number of amides is 2. The second kappa shape index (κ2) is 9.26. The Balaban J connectivity index is 1.53. The summed E-state index contributed by atoms with van der Waals surface area (Å²) in [6, 6.07) is 24.7. The summed E-state index contributed by atoms with van der Waals surface area (Å²) in [6.45, 7) is 0. The molecule has 0 fully saturated rings. The highest BCUT2D eigenvalue weighted by Gasteiger charge is 2.26. The first-order valence-corrected chi connectivity index (χ1v) is 10.1. The van der Waals surface area contributed by atoms with E-state index in [1.54, 1.807) is 7.11 Å². The van der Waals surface area contributed by atoms with Gasteiger partial charge in [-0.05, 0) is 30.2 Å². The number of aliphatic imine (C=N–C) groups is 1. The molecule has 6 heteroatoms. The topological polar surface area (TPSA) is 79.8 Å². The van der Waals surface area contributed by atoms with Gasteiger partial charge in [-0.1, -0.05) is 60.7 Å². The SMILES string of the molecule is COc1ccc(CCC(=O)NC2N=C(c3ccccc3)c3ccccc3NC2=O)cc1. The Morgan fingerprint density at radius 2 is 1.71 bits per heavy atom. The zero-order valence-electron chi connectivity index (χ0n) is 17.2. The van der Waals surface area contributed by atoms with Crippen LogP contribution in [0.4, 0.5) is 5.69 Å². The largest absolute Gasteiger partial charge is 0.497 e. The van der Waals surface area contributed by atoms with E-state index in [-0.39, 0.29) is 18.2 Å². The van der Waals surface area contributed by atoms with Crippen molar-refractivity contribution in [3.8, 4) is 5.75 Å². The second-order valence-corrected chi connectivity index (χ2v) is 7.20. The fourth-order valence-electron chi connectivity index (χ4n) is 3.46. The Morgan fingerprint density at radius 1 is 1.00 bits per heavy atom. The van der Waals surface area contributed by atoms with Crippen LogP contribution >= 0.6 is 0 Å². The molecule has 4 rings (SSSR count). The number of carbonyl (C=O) groups is 2. The predicted octanol–water partition coefficient (Wildman–Crippen LogP) is 3.56. The van der Waals surface area contributed by atoms with Gasteiger partial charge in [0.05, 0.1) is 18.5 Å². The Morgan fingerprint density at radius 3 is 2.45 bits per heavy atom. The van der Waals surface area contributed by atoms with E-state index in [1.165, 1.54) is 0 Å². The summed E-state index contributed by atoms with van der Waals surface area (Å²) >= 11 is 0. The smallest absolute Gasteiger partial charge is 0.269 e. The Bertz CT molecular complexity index is 1110. The summed E-state index contributed by atoms with van der Waals surface area (Å²) < 4.78 is 5.15. The average molecular weight is 413 g/mol. The van der Waals surface area contributed by atoms with Gasteiger partial charge in [-0.25, -0.2) is 4.99 Å². The van der Waals surface area contributed by atoms with Crippen molar-refractivity contribution in [2.45, 2.75) is 19.0 Å². The maximum Gasteiger partial charge on any atom is 0.269 e. The maximum atomic E-state index is 12.8. The van der Waals surface area contributed by atoms with Crippen LogP contribution in [0.1, 0.15) is 23.1 Å². The first kappa shape index (κ1) is 20.3. The molecule has 0 aromatic heterocycles. The lowest BCUT2D eigenvalue weighted by atomic mass is 10.0. The molecular formula is C25H23N3O3. The van der Waals surface area contributed by atoms with Crippen molar-refractivity contribution in [1.82, 2.24) is 5.32 Å². The molecule has 0 radical (unpaired) electrons. The van der Waals surface area contributed by atoms with Gasteiger partial charge in [0.15, 0.2) is 0 Å².